The lowest BCUT2D eigenvalue weighted by Gasteiger charge is -2.15. The van der Waals surface area contributed by atoms with Crippen LogP contribution in [0, 0.1) is 5.92 Å². The van der Waals surface area contributed by atoms with Gasteiger partial charge in [0.2, 0.25) is 0 Å². The summed E-state index contributed by atoms with van der Waals surface area (Å²) >= 11 is 0. The summed E-state index contributed by atoms with van der Waals surface area (Å²) in [6.45, 7) is 5.06. The minimum Gasteiger partial charge on any atom is -0.381 e. The van der Waals surface area contributed by atoms with Gasteiger partial charge < -0.3 is 14.6 Å². The van der Waals surface area contributed by atoms with Gasteiger partial charge in [0.1, 0.15) is 11.3 Å². The normalized spacial score (nSPS) is 18.9. The molecule has 0 radical (unpaired) electrons. The smallest absolute Gasteiger partial charge is 0.270 e. The number of likely N-dealkylation sites (tertiary alicyclic amines) is 1. The molecular formula is C15H19N3O2. The van der Waals surface area contributed by atoms with Gasteiger partial charge in [0, 0.05) is 37.2 Å². The zero-order valence-corrected chi connectivity index (χ0v) is 11.6. The van der Waals surface area contributed by atoms with E-state index in [0.29, 0.717) is 11.6 Å². The molecule has 20 heavy (non-hydrogen) atoms. The second-order valence-electron chi connectivity index (χ2n) is 5.19. The zero-order valence-electron chi connectivity index (χ0n) is 11.6. The third-order valence-electron chi connectivity index (χ3n) is 3.75. The lowest BCUT2D eigenvalue weighted by atomic mass is 10.1. The Morgan fingerprint density at radius 2 is 2.50 bits per heavy atom. The number of rotatable bonds is 4. The maximum Gasteiger partial charge on any atom is 0.270 e. The Morgan fingerprint density at radius 1 is 1.60 bits per heavy atom. The first-order chi connectivity index (χ1) is 9.78. The van der Waals surface area contributed by atoms with Gasteiger partial charge in [0.05, 0.1) is 6.61 Å². The van der Waals surface area contributed by atoms with E-state index >= 15 is 0 Å². The minimum atomic E-state index is 0.0574. The lowest BCUT2D eigenvalue weighted by molar-refractivity contribution is 0.0758. The van der Waals surface area contributed by atoms with Crippen molar-refractivity contribution in [2.24, 2.45) is 5.92 Å². The maximum atomic E-state index is 12.5. The molecule has 1 fully saturated rings. The standard InChI is InChI=1S/C15H19N3O2/c1-2-20-10-11-5-7-18(9-11)15(19)13-8-12-4-3-6-16-14(12)17-13/h3-4,6,8,11H,2,5,7,9-10H2,1H3,(H,16,17). The molecule has 1 saturated heterocycles. The van der Waals surface area contributed by atoms with Crippen molar-refractivity contribution in [3.63, 3.8) is 0 Å². The monoisotopic (exact) mass is 273 g/mol. The summed E-state index contributed by atoms with van der Waals surface area (Å²) in [6, 6.07) is 5.70. The van der Waals surface area contributed by atoms with Crippen molar-refractivity contribution < 1.29 is 9.53 Å². The lowest BCUT2D eigenvalue weighted by Crippen LogP contribution is -2.29. The Bertz CT molecular complexity index is 575. The first-order valence-corrected chi connectivity index (χ1v) is 7.08. The number of aromatic amines is 1. The van der Waals surface area contributed by atoms with Gasteiger partial charge >= 0.3 is 0 Å². The minimum absolute atomic E-state index is 0.0574. The Hall–Kier alpha value is -1.88. The third-order valence-corrected chi connectivity index (χ3v) is 3.75. The molecule has 0 bridgehead atoms. The summed E-state index contributed by atoms with van der Waals surface area (Å²) < 4.78 is 5.44. The van der Waals surface area contributed by atoms with E-state index in [1.165, 1.54) is 0 Å². The largest absolute Gasteiger partial charge is 0.381 e. The summed E-state index contributed by atoms with van der Waals surface area (Å²) in [5, 5.41) is 0.973. The predicted molar refractivity (Wildman–Crippen MR) is 76.6 cm³/mol. The van der Waals surface area contributed by atoms with Crippen LogP contribution in [0.5, 0.6) is 0 Å². The predicted octanol–water partition coefficient (Wildman–Crippen LogP) is 2.06. The number of aromatic nitrogens is 2. The zero-order chi connectivity index (χ0) is 13.9. The summed E-state index contributed by atoms with van der Waals surface area (Å²) in [6.07, 6.45) is 2.74. The van der Waals surface area contributed by atoms with Crippen LogP contribution in [0.1, 0.15) is 23.8 Å². The van der Waals surface area contributed by atoms with Crippen LogP contribution in [0.2, 0.25) is 0 Å². The van der Waals surface area contributed by atoms with E-state index in [-0.39, 0.29) is 5.91 Å². The summed E-state index contributed by atoms with van der Waals surface area (Å²) in [4.78, 5) is 21.7. The molecule has 0 saturated carbocycles. The van der Waals surface area contributed by atoms with Gasteiger partial charge in [-0.2, -0.15) is 0 Å². The molecule has 1 aliphatic rings. The molecule has 1 aliphatic heterocycles. The molecule has 0 aliphatic carbocycles. The third kappa shape index (κ3) is 2.54. The summed E-state index contributed by atoms with van der Waals surface area (Å²) in [5.41, 5.74) is 1.39. The van der Waals surface area contributed by atoms with Gasteiger partial charge in [0.25, 0.3) is 5.91 Å². The van der Waals surface area contributed by atoms with Crippen LogP contribution in [0.15, 0.2) is 24.4 Å². The second kappa shape index (κ2) is 5.63. The topological polar surface area (TPSA) is 58.2 Å². The van der Waals surface area contributed by atoms with Crippen LogP contribution in [0.4, 0.5) is 0 Å². The number of amides is 1. The van der Waals surface area contributed by atoms with Gasteiger partial charge in [-0.25, -0.2) is 4.98 Å². The Kier molecular flexibility index (Phi) is 3.69. The number of pyridine rings is 1. The number of H-pyrrole nitrogens is 1. The summed E-state index contributed by atoms with van der Waals surface area (Å²) in [7, 11) is 0. The fourth-order valence-corrected chi connectivity index (χ4v) is 2.68. The van der Waals surface area contributed by atoms with Gasteiger partial charge in [0.15, 0.2) is 0 Å². The van der Waals surface area contributed by atoms with Crippen molar-refractivity contribution in [2.45, 2.75) is 13.3 Å². The van der Waals surface area contributed by atoms with Crippen molar-refractivity contribution >= 4 is 16.9 Å². The molecule has 5 heteroatoms. The number of carbonyl (C=O) groups excluding carboxylic acids is 1. The SMILES string of the molecule is CCOCC1CCN(C(=O)c2cc3cccnc3[nH]2)C1. The Morgan fingerprint density at radius 3 is 3.30 bits per heavy atom. The fraction of sp³-hybridized carbons (Fsp3) is 0.467. The molecule has 0 spiro atoms. The number of hydrogen-bond donors (Lipinski definition) is 1. The maximum absolute atomic E-state index is 12.5. The first kappa shape index (κ1) is 13.1. The van der Waals surface area contributed by atoms with Crippen LogP contribution in [-0.4, -0.2) is 47.1 Å². The van der Waals surface area contributed by atoms with Gasteiger partial charge in [-0.1, -0.05) is 0 Å². The van der Waals surface area contributed by atoms with E-state index in [2.05, 4.69) is 9.97 Å². The molecule has 1 atom stereocenters. The molecular weight excluding hydrogens is 254 g/mol. The van der Waals surface area contributed by atoms with Gasteiger partial charge in [-0.15, -0.1) is 0 Å². The second-order valence-corrected chi connectivity index (χ2v) is 5.19. The van der Waals surface area contributed by atoms with Gasteiger partial charge in [-0.3, -0.25) is 4.79 Å². The molecule has 2 aromatic rings. The van der Waals surface area contributed by atoms with E-state index < -0.39 is 0 Å². The van der Waals surface area contributed by atoms with Crippen molar-refractivity contribution in [1.82, 2.24) is 14.9 Å². The highest BCUT2D eigenvalue weighted by atomic mass is 16.5. The fourth-order valence-electron chi connectivity index (χ4n) is 2.68. The Balaban J connectivity index is 1.70. The number of hydrogen-bond acceptors (Lipinski definition) is 3. The molecule has 0 aromatic carbocycles. The number of fused-ring (bicyclic) bond motifs is 1. The van der Waals surface area contributed by atoms with E-state index in [4.69, 9.17) is 4.74 Å². The van der Waals surface area contributed by atoms with Gasteiger partial charge in [-0.05, 0) is 31.5 Å². The number of nitrogens with zero attached hydrogens (tertiary/aromatic N) is 2. The Labute approximate surface area is 117 Å². The van der Waals surface area contributed by atoms with E-state index in [0.717, 1.165) is 43.8 Å². The summed E-state index contributed by atoms with van der Waals surface area (Å²) in [5.74, 6) is 0.517. The molecule has 106 valence electrons. The van der Waals surface area contributed by atoms with Crippen LogP contribution in [0.25, 0.3) is 11.0 Å². The number of carbonyl (C=O) groups is 1. The van der Waals surface area contributed by atoms with Crippen LogP contribution >= 0.6 is 0 Å². The quantitative estimate of drug-likeness (QED) is 0.927. The van der Waals surface area contributed by atoms with Crippen molar-refractivity contribution in [3.05, 3.63) is 30.1 Å². The highest BCUT2D eigenvalue weighted by molar-refractivity contribution is 5.97. The van der Waals surface area contributed by atoms with Crippen LogP contribution < -0.4 is 0 Å². The number of nitrogens with one attached hydrogen (secondary N) is 1. The van der Waals surface area contributed by atoms with Crippen molar-refractivity contribution in [3.8, 4) is 0 Å². The average molecular weight is 273 g/mol. The van der Waals surface area contributed by atoms with E-state index in [1.54, 1.807) is 6.20 Å². The van der Waals surface area contributed by atoms with Crippen molar-refractivity contribution in [1.29, 1.82) is 0 Å². The van der Waals surface area contributed by atoms with E-state index in [9.17, 15) is 4.79 Å². The molecule has 5 nitrogen and oxygen atoms in total. The van der Waals surface area contributed by atoms with Crippen molar-refractivity contribution in [2.75, 3.05) is 26.3 Å². The average Bonchev–Trinajstić information content (AvgIpc) is 3.10. The molecule has 1 N–H and O–H groups in total. The highest BCUT2D eigenvalue weighted by Gasteiger charge is 2.27. The van der Waals surface area contributed by atoms with E-state index in [1.807, 2.05) is 30.0 Å². The van der Waals surface area contributed by atoms with Crippen LogP contribution in [0.3, 0.4) is 0 Å². The molecule has 3 heterocycles. The molecule has 2 aromatic heterocycles. The number of ether oxygens (including phenoxy) is 1. The molecule has 3 rings (SSSR count). The highest BCUT2D eigenvalue weighted by Crippen LogP contribution is 2.20. The molecule has 1 unspecified atom stereocenters. The first-order valence-electron chi connectivity index (χ1n) is 7.08. The molecule has 1 amide bonds. The van der Waals surface area contributed by atoms with Crippen LogP contribution in [-0.2, 0) is 4.74 Å².